The first-order valence-electron chi connectivity index (χ1n) is 8.96. The normalized spacial score (nSPS) is 18.7. The lowest BCUT2D eigenvalue weighted by Gasteiger charge is -2.28. The number of rotatable bonds is 5. The highest BCUT2D eigenvalue weighted by molar-refractivity contribution is 7.91. The van der Waals surface area contributed by atoms with E-state index in [-0.39, 0.29) is 30.2 Å². The third-order valence-corrected chi connectivity index (χ3v) is 6.72. The number of amides is 1. The Bertz CT molecular complexity index is 1000. The van der Waals surface area contributed by atoms with E-state index in [1.54, 1.807) is 6.92 Å². The Hall–Kier alpha value is -2.07. The third kappa shape index (κ3) is 4.58. The Morgan fingerprint density at radius 1 is 1.31 bits per heavy atom. The third-order valence-electron chi connectivity index (χ3n) is 4.71. The Balaban J connectivity index is 2.04. The molecule has 158 valence electrons. The number of aromatic nitrogens is 2. The Kier molecular flexibility index (Phi) is 5.96. The molecule has 1 aromatic carbocycles. The van der Waals surface area contributed by atoms with Crippen LogP contribution in [0.2, 0.25) is 5.02 Å². The van der Waals surface area contributed by atoms with Gasteiger partial charge in [0.05, 0.1) is 29.0 Å². The zero-order valence-corrected chi connectivity index (χ0v) is 17.1. The van der Waals surface area contributed by atoms with E-state index in [1.165, 1.54) is 29.2 Å². The van der Waals surface area contributed by atoms with Crippen LogP contribution in [0, 0.1) is 0 Å². The molecule has 1 aliphatic heterocycles. The minimum Gasteiger partial charge on any atom is -0.335 e. The van der Waals surface area contributed by atoms with Gasteiger partial charge in [0.15, 0.2) is 15.5 Å². The van der Waals surface area contributed by atoms with Gasteiger partial charge in [-0.1, -0.05) is 18.5 Å². The number of carbonyl (C=O) groups is 1. The lowest BCUT2D eigenvalue weighted by Crippen LogP contribution is -2.42. The van der Waals surface area contributed by atoms with Gasteiger partial charge in [0.25, 0.3) is 5.91 Å². The molecule has 0 spiro atoms. The molecular weight excluding hydrogens is 431 g/mol. The topological polar surface area (TPSA) is 72.3 Å². The molecule has 1 aromatic heterocycles. The van der Waals surface area contributed by atoms with Gasteiger partial charge < -0.3 is 4.90 Å². The first kappa shape index (κ1) is 21.6. The van der Waals surface area contributed by atoms with Crippen molar-refractivity contribution in [1.82, 2.24) is 14.7 Å². The van der Waals surface area contributed by atoms with Gasteiger partial charge in [0.1, 0.15) is 0 Å². The van der Waals surface area contributed by atoms with Crippen molar-refractivity contribution in [2.24, 2.45) is 0 Å². The maximum absolute atomic E-state index is 13.9. The lowest BCUT2D eigenvalue weighted by molar-refractivity contribution is -0.143. The van der Waals surface area contributed by atoms with Crippen molar-refractivity contribution in [2.45, 2.75) is 32.0 Å². The molecule has 2 heterocycles. The standard InChI is InChI=1S/C18H19ClF3N3O3S/c1-2-8-24(14-7-9-29(27,28)11-14)17(26)15-10-23-25(16(15)18(20,21)22)13-5-3-12(19)4-6-13/h3-6,10,14H,2,7-9,11H2,1H3/t14-/m1/s1. The van der Waals surface area contributed by atoms with Crippen molar-refractivity contribution < 1.29 is 26.4 Å². The van der Waals surface area contributed by atoms with Gasteiger partial charge in [-0.25, -0.2) is 13.1 Å². The van der Waals surface area contributed by atoms with E-state index < -0.39 is 39.2 Å². The number of nitrogens with zero attached hydrogens (tertiary/aromatic N) is 3. The van der Waals surface area contributed by atoms with Gasteiger partial charge in [-0.2, -0.15) is 18.3 Å². The highest BCUT2D eigenvalue weighted by Crippen LogP contribution is 2.35. The van der Waals surface area contributed by atoms with E-state index in [4.69, 9.17) is 11.6 Å². The molecule has 6 nitrogen and oxygen atoms in total. The van der Waals surface area contributed by atoms with Gasteiger partial charge in [-0.3, -0.25) is 4.79 Å². The number of alkyl halides is 3. The van der Waals surface area contributed by atoms with Gasteiger partial charge >= 0.3 is 6.18 Å². The van der Waals surface area contributed by atoms with Crippen LogP contribution in [-0.2, 0) is 16.0 Å². The summed E-state index contributed by atoms with van der Waals surface area (Å²) >= 11 is 5.79. The summed E-state index contributed by atoms with van der Waals surface area (Å²) in [7, 11) is -3.30. The van der Waals surface area contributed by atoms with Gasteiger partial charge in [-0.15, -0.1) is 0 Å². The smallest absolute Gasteiger partial charge is 0.335 e. The summed E-state index contributed by atoms with van der Waals surface area (Å²) in [5, 5.41) is 4.14. The first-order valence-corrected chi connectivity index (χ1v) is 11.2. The van der Waals surface area contributed by atoms with E-state index in [1.807, 2.05) is 0 Å². The predicted octanol–water partition coefficient (Wildman–Crippen LogP) is 3.58. The second-order valence-corrected chi connectivity index (χ2v) is 9.51. The molecule has 0 unspecified atom stereocenters. The second-order valence-electron chi connectivity index (χ2n) is 6.85. The summed E-state index contributed by atoms with van der Waals surface area (Å²) in [6.07, 6.45) is -3.28. The Morgan fingerprint density at radius 2 is 1.97 bits per heavy atom. The maximum atomic E-state index is 13.9. The Morgan fingerprint density at radius 3 is 2.48 bits per heavy atom. The molecule has 0 radical (unpaired) electrons. The van der Waals surface area contributed by atoms with E-state index in [2.05, 4.69) is 5.10 Å². The monoisotopic (exact) mass is 449 g/mol. The number of halogens is 4. The fourth-order valence-corrected chi connectivity index (χ4v) is 5.28. The average Bonchev–Trinajstić information content (AvgIpc) is 3.23. The fraction of sp³-hybridized carbons (Fsp3) is 0.444. The molecule has 2 aromatic rings. The van der Waals surface area contributed by atoms with Gasteiger partial charge in [0, 0.05) is 17.6 Å². The van der Waals surface area contributed by atoms with Crippen LogP contribution in [-0.4, -0.2) is 53.1 Å². The molecule has 1 amide bonds. The van der Waals surface area contributed by atoms with E-state index in [0.717, 1.165) is 6.20 Å². The number of carbonyl (C=O) groups excluding carboxylic acids is 1. The molecule has 11 heteroatoms. The molecular formula is C18H19ClF3N3O3S. The molecule has 1 atom stereocenters. The summed E-state index contributed by atoms with van der Waals surface area (Å²) in [6.45, 7) is 1.92. The lowest BCUT2D eigenvalue weighted by atomic mass is 10.1. The van der Waals surface area contributed by atoms with Crippen LogP contribution in [0.5, 0.6) is 0 Å². The SMILES string of the molecule is CCCN(C(=O)c1cnn(-c2ccc(Cl)cc2)c1C(F)(F)F)[C@@H]1CCS(=O)(=O)C1. The van der Waals surface area contributed by atoms with Gasteiger partial charge in [-0.05, 0) is 37.1 Å². The molecule has 1 fully saturated rings. The Labute approximate surface area is 171 Å². The van der Waals surface area contributed by atoms with Crippen molar-refractivity contribution in [3.8, 4) is 5.69 Å². The summed E-state index contributed by atoms with van der Waals surface area (Å²) in [5.74, 6) is -1.20. The van der Waals surface area contributed by atoms with Crippen LogP contribution < -0.4 is 0 Å². The molecule has 0 bridgehead atoms. The molecule has 29 heavy (non-hydrogen) atoms. The van der Waals surface area contributed by atoms with Gasteiger partial charge in [0.2, 0.25) is 0 Å². The summed E-state index contributed by atoms with van der Waals surface area (Å²) < 4.78 is 65.9. The molecule has 0 N–H and O–H groups in total. The van der Waals surface area contributed by atoms with E-state index in [0.29, 0.717) is 16.1 Å². The van der Waals surface area contributed by atoms with Crippen LogP contribution >= 0.6 is 11.6 Å². The number of hydrogen-bond donors (Lipinski definition) is 0. The van der Waals surface area contributed by atoms with Crippen LogP contribution in [0.1, 0.15) is 35.8 Å². The minimum atomic E-state index is -4.85. The summed E-state index contributed by atoms with van der Waals surface area (Å²) in [5.41, 5.74) is -1.71. The summed E-state index contributed by atoms with van der Waals surface area (Å²) in [4.78, 5) is 14.3. The first-order chi connectivity index (χ1) is 13.5. The molecule has 0 saturated carbocycles. The van der Waals surface area contributed by atoms with Crippen molar-refractivity contribution in [2.75, 3.05) is 18.1 Å². The fourth-order valence-electron chi connectivity index (χ4n) is 3.42. The summed E-state index contributed by atoms with van der Waals surface area (Å²) in [6, 6.07) is 4.94. The minimum absolute atomic E-state index is 0.0820. The average molecular weight is 450 g/mol. The maximum Gasteiger partial charge on any atom is 0.434 e. The molecule has 0 aliphatic carbocycles. The van der Waals surface area contributed by atoms with Crippen LogP contribution in [0.3, 0.4) is 0 Å². The molecule has 3 rings (SSSR count). The van der Waals surface area contributed by atoms with Crippen molar-refractivity contribution in [3.05, 3.63) is 46.7 Å². The largest absolute Gasteiger partial charge is 0.434 e. The van der Waals surface area contributed by atoms with Crippen molar-refractivity contribution >= 4 is 27.3 Å². The molecule has 1 aliphatic rings. The highest BCUT2D eigenvalue weighted by Gasteiger charge is 2.43. The number of benzene rings is 1. The highest BCUT2D eigenvalue weighted by atomic mass is 35.5. The van der Waals surface area contributed by atoms with Crippen LogP contribution in [0.15, 0.2) is 30.5 Å². The number of sulfone groups is 1. The number of hydrogen-bond acceptors (Lipinski definition) is 4. The van der Waals surface area contributed by atoms with Crippen LogP contribution in [0.25, 0.3) is 5.69 Å². The molecule has 1 saturated heterocycles. The zero-order valence-electron chi connectivity index (χ0n) is 15.5. The quantitative estimate of drug-likeness (QED) is 0.699. The van der Waals surface area contributed by atoms with E-state index >= 15 is 0 Å². The van der Waals surface area contributed by atoms with Crippen molar-refractivity contribution in [3.63, 3.8) is 0 Å². The predicted molar refractivity (Wildman–Crippen MR) is 102 cm³/mol. The van der Waals surface area contributed by atoms with Crippen molar-refractivity contribution in [1.29, 1.82) is 0 Å². The van der Waals surface area contributed by atoms with Crippen LogP contribution in [0.4, 0.5) is 13.2 Å². The second kappa shape index (κ2) is 7.98. The zero-order chi connectivity index (χ0) is 21.4. The van der Waals surface area contributed by atoms with E-state index in [9.17, 15) is 26.4 Å².